The summed E-state index contributed by atoms with van der Waals surface area (Å²) in [6.45, 7) is 0.666. The van der Waals surface area contributed by atoms with Crippen LogP contribution >= 0.6 is 22.7 Å². The van der Waals surface area contributed by atoms with Crippen LogP contribution in [0.25, 0.3) is 5.00 Å². The molecular weight excluding hydrogens is 408 g/mol. The smallest absolute Gasteiger partial charge is 0.265 e. The van der Waals surface area contributed by atoms with Crippen LogP contribution in [0.4, 0.5) is 0 Å². The van der Waals surface area contributed by atoms with Gasteiger partial charge in [-0.3, -0.25) is 4.79 Å². The molecule has 1 aromatic carbocycles. The highest BCUT2D eigenvalue weighted by atomic mass is 32.1. The number of rotatable bonds is 2. The molecule has 150 valence electrons. The minimum absolute atomic E-state index is 0.102. The molecule has 6 rings (SSSR count). The van der Waals surface area contributed by atoms with Crippen LogP contribution in [0, 0.1) is 0 Å². The highest BCUT2D eigenvalue weighted by molar-refractivity contribution is 7.15. The molecule has 3 aromatic heterocycles. The zero-order valence-electron chi connectivity index (χ0n) is 16.6. The summed E-state index contributed by atoms with van der Waals surface area (Å²) in [6.07, 6.45) is 7.00. The Labute approximate surface area is 184 Å². The van der Waals surface area contributed by atoms with Gasteiger partial charge < -0.3 is 9.47 Å². The number of aromatic nitrogens is 1. The van der Waals surface area contributed by atoms with E-state index < -0.39 is 0 Å². The summed E-state index contributed by atoms with van der Waals surface area (Å²) in [6, 6.07) is 18.6. The number of aryl methyl sites for hydroxylation is 1. The van der Waals surface area contributed by atoms with Gasteiger partial charge in [-0.2, -0.15) is 0 Å². The SMILES string of the molecule is O=C(c1cccs1)N1Cc2c(sc3c2CCCC3)-n2cccc2C1c1ccccc1. The fraction of sp³-hybridized carbons (Fsp3) is 0.240. The second kappa shape index (κ2) is 7.25. The summed E-state index contributed by atoms with van der Waals surface area (Å²) in [7, 11) is 0. The maximum atomic E-state index is 13.8. The number of carbonyl (C=O) groups is 1. The summed E-state index contributed by atoms with van der Waals surface area (Å²) in [5, 5.41) is 3.30. The Kier molecular flexibility index (Phi) is 4.39. The molecule has 0 saturated heterocycles. The molecule has 2 aliphatic rings. The lowest BCUT2D eigenvalue weighted by Crippen LogP contribution is -2.34. The zero-order valence-corrected chi connectivity index (χ0v) is 18.2. The predicted octanol–water partition coefficient (Wildman–Crippen LogP) is 6.22. The van der Waals surface area contributed by atoms with Gasteiger partial charge in [-0.15, -0.1) is 22.7 Å². The molecule has 0 N–H and O–H groups in total. The minimum Gasteiger partial charge on any atom is -0.321 e. The quantitative estimate of drug-likeness (QED) is 0.370. The van der Waals surface area contributed by atoms with Gasteiger partial charge in [-0.05, 0) is 60.4 Å². The first-order valence-electron chi connectivity index (χ1n) is 10.5. The van der Waals surface area contributed by atoms with Crippen molar-refractivity contribution in [1.82, 2.24) is 9.47 Å². The fourth-order valence-corrected chi connectivity index (χ4v) is 7.00. The Morgan fingerprint density at radius 2 is 1.80 bits per heavy atom. The fourth-order valence-electron chi connectivity index (χ4n) is 4.91. The van der Waals surface area contributed by atoms with Crippen LogP contribution in [0.15, 0.2) is 66.2 Å². The Morgan fingerprint density at radius 1 is 0.933 bits per heavy atom. The summed E-state index contributed by atoms with van der Waals surface area (Å²) >= 11 is 3.46. The molecule has 0 fully saturated rings. The third kappa shape index (κ3) is 2.80. The Morgan fingerprint density at radius 3 is 2.63 bits per heavy atom. The van der Waals surface area contributed by atoms with E-state index in [1.165, 1.54) is 57.3 Å². The number of carbonyl (C=O) groups excluding carboxylic acids is 1. The average Bonchev–Trinajstić information content (AvgIpc) is 3.53. The van der Waals surface area contributed by atoms with Gasteiger partial charge in [-0.1, -0.05) is 36.4 Å². The van der Waals surface area contributed by atoms with Gasteiger partial charge in [0.05, 0.1) is 23.2 Å². The minimum atomic E-state index is -0.102. The van der Waals surface area contributed by atoms with Crippen LogP contribution < -0.4 is 0 Å². The van der Waals surface area contributed by atoms with E-state index in [-0.39, 0.29) is 11.9 Å². The molecule has 1 atom stereocenters. The van der Waals surface area contributed by atoms with Crippen molar-refractivity contribution in [2.24, 2.45) is 0 Å². The monoisotopic (exact) mass is 430 g/mol. The Bertz CT molecular complexity index is 1200. The highest BCUT2D eigenvalue weighted by Crippen LogP contribution is 2.44. The summed E-state index contributed by atoms with van der Waals surface area (Å²) in [4.78, 5) is 18.2. The lowest BCUT2D eigenvalue weighted by atomic mass is 9.95. The molecule has 4 heterocycles. The van der Waals surface area contributed by atoms with Crippen LogP contribution in [0.3, 0.4) is 0 Å². The molecule has 0 spiro atoms. The molecule has 4 aromatic rings. The van der Waals surface area contributed by atoms with Crippen molar-refractivity contribution in [2.45, 2.75) is 38.3 Å². The lowest BCUT2D eigenvalue weighted by molar-refractivity contribution is 0.0695. The predicted molar refractivity (Wildman–Crippen MR) is 123 cm³/mol. The number of thiophene rings is 2. The average molecular weight is 431 g/mol. The van der Waals surface area contributed by atoms with E-state index in [0.29, 0.717) is 6.54 Å². The van der Waals surface area contributed by atoms with Crippen molar-refractivity contribution >= 4 is 28.6 Å². The van der Waals surface area contributed by atoms with E-state index in [2.05, 4.69) is 52.1 Å². The molecular formula is C25H22N2OS2. The first-order chi connectivity index (χ1) is 14.8. The van der Waals surface area contributed by atoms with Crippen LogP contribution in [0.1, 0.15) is 55.8 Å². The zero-order chi connectivity index (χ0) is 20.1. The molecule has 1 aliphatic heterocycles. The van der Waals surface area contributed by atoms with Crippen molar-refractivity contribution < 1.29 is 4.79 Å². The summed E-state index contributed by atoms with van der Waals surface area (Å²) in [5.74, 6) is 0.121. The van der Waals surface area contributed by atoms with Gasteiger partial charge in [0.1, 0.15) is 5.00 Å². The van der Waals surface area contributed by atoms with E-state index >= 15 is 0 Å². The van der Waals surface area contributed by atoms with Gasteiger partial charge in [0.25, 0.3) is 5.91 Å². The van der Waals surface area contributed by atoms with E-state index in [9.17, 15) is 4.79 Å². The Hall–Kier alpha value is -2.63. The van der Waals surface area contributed by atoms with Crippen LogP contribution in [0.5, 0.6) is 0 Å². The number of benzene rings is 1. The highest BCUT2D eigenvalue weighted by Gasteiger charge is 2.36. The summed E-state index contributed by atoms with van der Waals surface area (Å²) in [5.41, 5.74) is 5.18. The van der Waals surface area contributed by atoms with Crippen LogP contribution in [-0.4, -0.2) is 15.4 Å². The molecule has 0 bridgehead atoms. The number of nitrogens with zero attached hydrogens (tertiary/aromatic N) is 2. The largest absolute Gasteiger partial charge is 0.321 e. The van der Waals surface area contributed by atoms with Crippen LogP contribution in [0.2, 0.25) is 0 Å². The third-order valence-corrected chi connectivity index (χ3v) is 8.48. The van der Waals surface area contributed by atoms with E-state index in [1.807, 2.05) is 34.9 Å². The maximum absolute atomic E-state index is 13.8. The number of hydrogen-bond donors (Lipinski definition) is 0. The lowest BCUT2D eigenvalue weighted by Gasteiger charge is -2.31. The molecule has 0 radical (unpaired) electrons. The normalized spacial score (nSPS) is 17.7. The van der Waals surface area contributed by atoms with Crippen molar-refractivity contribution in [3.05, 3.63) is 98.3 Å². The second-order valence-corrected chi connectivity index (χ2v) is 10.1. The van der Waals surface area contributed by atoms with Crippen molar-refractivity contribution in [2.75, 3.05) is 0 Å². The van der Waals surface area contributed by atoms with Crippen molar-refractivity contribution in [1.29, 1.82) is 0 Å². The molecule has 0 saturated carbocycles. The van der Waals surface area contributed by atoms with Gasteiger partial charge in [-0.25, -0.2) is 0 Å². The first kappa shape index (κ1) is 18.2. The molecule has 1 amide bonds. The topological polar surface area (TPSA) is 25.2 Å². The number of amides is 1. The second-order valence-electron chi connectivity index (χ2n) is 8.02. The number of fused-ring (bicyclic) bond motifs is 5. The first-order valence-corrected chi connectivity index (χ1v) is 12.2. The van der Waals surface area contributed by atoms with E-state index in [1.54, 1.807) is 0 Å². The van der Waals surface area contributed by atoms with Gasteiger partial charge in [0.15, 0.2) is 0 Å². The molecule has 3 nitrogen and oxygen atoms in total. The van der Waals surface area contributed by atoms with Crippen molar-refractivity contribution in [3.8, 4) is 5.00 Å². The maximum Gasteiger partial charge on any atom is 0.265 e. The van der Waals surface area contributed by atoms with E-state index in [4.69, 9.17) is 0 Å². The summed E-state index contributed by atoms with van der Waals surface area (Å²) < 4.78 is 2.34. The Balaban J connectivity index is 1.58. The molecule has 5 heteroatoms. The third-order valence-electron chi connectivity index (χ3n) is 6.29. The molecule has 30 heavy (non-hydrogen) atoms. The number of hydrogen-bond acceptors (Lipinski definition) is 3. The standard InChI is InChI=1S/C25H22N2OS2/c28-24(22-13-7-15-29-22)27-16-19-18-10-4-5-12-21(18)30-25(19)26-14-6-11-20(26)23(27)17-8-2-1-3-9-17/h1-3,6-9,11,13-15,23H,4-5,10,12,16H2. The van der Waals surface area contributed by atoms with Gasteiger partial charge in [0.2, 0.25) is 0 Å². The van der Waals surface area contributed by atoms with Gasteiger partial charge >= 0.3 is 0 Å². The van der Waals surface area contributed by atoms with Crippen molar-refractivity contribution in [3.63, 3.8) is 0 Å². The molecule has 1 aliphatic carbocycles. The van der Waals surface area contributed by atoms with Crippen LogP contribution in [-0.2, 0) is 19.4 Å². The van der Waals surface area contributed by atoms with Gasteiger partial charge in [0, 0.05) is 16.6 Å². The van der Waals surface area contributed by atoms with E-state index in [0.717, 1.165) is 16.9 Å². The molecule has 1 unspecified atom stereocenters.